The number of oxazole rings is 1. The van der Waals surface area contributed by atoms with Crippen LogP contribution >= 0.6 is 0 Å². The molecule has 2 aromatic carbocycles. The number of aromatic amines is 1. The van der Waals surface area contributed by atoms with Crippen molar-refractivity contribution in [2.24, 2.45) is 0 Å². The molecule has 2 aromatic heterocycles. The lowest BCUT2D eigenvalue weighted by atomic mass is 10.0. The second-order valence-electron chi connectivity index (χ2n) is 8.38. The van der Waals surface area contributed by atoms with Gasteiger partial charge in [0.25, 0.3) is 5.91 Å². The number of hydrogen-bond donors (Lipinski definition) is 1. The lowest BCUT2D eigenvalue weighted by molar-refractivity contribution is 0.0565. The van der Waals surface area contributed by atoms with Crippen LogP contribution in [-0.2, 0) is 6.42 Å². The Kier molecular flexibility index (Phi) is 5.43. The average Bonchev–Trinajstić information content (AvgIpc) is 3.47. The van der Waals surface area contributed by atoms with E-state index < -0.39 is 0 Å². The molecule has 0 radical (unpaired) electrons. The molecule has 1 unspecified atom stereocenters. The van der Waals surface area contributed by atoms with Gasteiger partial charge in [-0.1, -0.05) is 30.3 Å². The number of H-pyrrole nitrogens is 1. The number of fused-ring (bicyclic) bond motifs is 1. The fraction of sp³-hybridized carbons (Fsp3) is 0.308. The summed E-state index contributed by atoms with van der Waals surface area (Å²) >= 11 is 0. The van der Waals surface area contributed by atoms with Crippen molar-refractivity contribution < 1.29 is 13.9 Å². The predicted molar refractivity (Wildman–Crippen MR) is 123 cm³/mol. The number of methoxy groups -OCH3 is 1. The molecule has 0 spiro atoms. The fourth-order valence-electron chi connectivity index (χ4n) is 4.60. The van der Waals surface area contributed by atoms with E-state index in [1.807, 2.05) is 47.4 Å². The van der Waals surface area contributed by atoms with Gasteiger partial charge in [0.05, 0.1) is 13.3 Å². The molecular weight excluding hydrogens is 402 g/mol. The van der Waals surface area contributed by atoms with E-state index in [4.69, 9.17) is 9.15 Å². The van der Waals surface area contributed by atoms with Gasteiger partial charge >= 0.3 is 0 Å². The van der Waals surface area contributed by atoms with Crippen molar-refractivity contribution in [1.82, 2.24) is 14.9 Å². The molecule has 0 aliphatic carbocycles. The van der Waals surface area contributed by atoms with Crippen molar-refractivity contribution >= 4 is 16.8 Å². The van der Waals surface area contributed by atoms with Crippen molar-refractivity contribution in [3.63, 3.8) is 0 Å². The van der Waals surface area contributed by atoms with Crippen LogP contribution in [0.3, 0.4) is 0 Å². The quantitative estimate of drug-likeness (QED) is 0.459. The van der Waals surface area contributed by atoms with Crippen molar-refractivity contribution in [1.29, 1.82) is 0 Å². The molecule has 0 bridgehead atoms. The molecule has 4 aromatic rings. The number of carbonyl (C=O) groups excluding carboxylic acids is 1. The molecule has 164 valence electrons. The Labute approximate surface area is 187 Å². The third-order valence-electron chi connectivity index (χ3n) is 6.29. The van der Waals surface area contributed by atoms with Crippen LogP contribution in [0.5, 0.6) is 5.75 Å². The van der Waals surface area contributed by atoms with Crippen molar-refractivity contribution in [3.05, 3.63) is 83.2 Å². The maximum Gasteiger partial charge on any atom is 0.270 e. The zero-order valence-electron chi connectivity index (χ0n) is 18.4. The van der Waals surface area contributed by atoms with E-state index >= 15 is 0 Å². The third kappa shape index (κ3) is 3.77. The minimum atomic E-state index is -0.157. The van der Waals surface area contributed by atoms with Gasteiger partial charge in [-0.3, -0.25) is 4.79 Å². The summed E-state index contributed by atoms with van der Waals surface area (Å²) in [7, 11) is 1.67. The van der Waals surface area contributed by atoms with Gasteiger partial charge in [0.15, 0.2) is 0 Å². The lowest BCUT2D eigenvalue weighted by Gasteiger charge is -2.33. The van der Waals surface area contributed by atoms with Gasteiger partial charge in [0.2, 0.25) is 5.89 Å². The molecule has 1 fully saturated rings. The standard InChI is InChI=1S/C26H27N3O3/c1-17-8-7-10-21-20(17)15-22(28-21)26(30)29-13-6-5-11-23(29)25-27-16-19(32-25)14-18-9-3-4-12-24(18)31-2/h3-4,7-10,12,15-16,23,28H,5-6,11,13-14H2,1-2H3. The number of piperidine rings is 1. The Morgan fingerprint density at radius 2 is 2.09 bits per heavy atom. The van der Waals surface area contributed by atoms with Gasteiger partial charge < -0.3 is 19.0 Å². The van der Waals surface area contributed by atoms with Gasteiger partial charge in [0.1, 0.15) is 23.2 Å². The molecule has 3 heterocycles. The van der Waals surface area contributed by atoms with Gasteiger partial charge in [0, 0.05) is 29.4 Å². The van der Waals surface area contributed by atoms with Crippen LogP contribution in [0.4, 0.5) is 0 Å². The molecule has 1 atom stereocenters. The number of hydrogen-bond acceptors (Lipinski definition) is 4. The highest BCUT2D eigenvalue weighted by Gasteiger charge is 2.32. The Morgan fingerprint density at radius 3 is 2.94 bits per heavy atom. The van der Waals surface area contributed by atoms with Gasteiger partial charge in [-0.05, 0) is 49.9 Å². The minimum absolute atomic E-state index is 0.00483. The number of aromatic nitrogens is 2. The third-order valence-corrected chi connectivity index (χ3v) is 6.29. The summed E-state index contributed by atoms with van der Waals surface area (Å²) in [5.74, 6) is 2.20. The first kappa shape index (κ1) is 20.4. The van der Waals surface area contributed by atoms with E-state index in [9.17, 15) is 4.79 Å². The predicted octanol–water partition coefficient (Wildman–Crippen LogP) is 5.43. The molecule has 1 aliphatic rings. The zero-order chi connectivity index (χ0) is 22.1. The number of benzene rings is 2. The number of aryl methyl sites for hydroxylation is 1. The van der Waals surface area contributed by atoms with E-state index in [0.717, 1.165) is 52.8 Å². The molecule has 1 amide bonds. The van der Waals surface area contributed by atoms with E-state index in [1.54, 1.807) is 13.3 Å². The first-order chi connectivity index (χ1) is 15.6. The van der Waals surface area contributed by atoms with E-state index in [1.165, 1.54) is 0 Å². The number of nitrogens with zero attached hydrogens (tertiary/aromatic N) is 2. The fourth-order valence-corrected chi connectivity index (χ4v) is 4.60. The summed E-state index contributed by atoms with van der Waals surface area (Å²) in [6.45, 7) is 2.76. The first-order valence-electron chi connectivity index (χ1n) is 11.1. The van der Waals surface area contributed by atoms with Crippen LogP contribution in [0.25, 0.3) is 10.9 Å². The number of para-hydroxylation sites is 1. The highest BCUT2D eigenvalue weighted by Crippen LogP contribution is 2.33. The summed E-state index contributed by atoms with van der Waals surface area (Å²) in [5, 5.41) is 1.08. The number of rotatable bonds is 5. The Morgan fingerprint density at radius 1 is 1.22 bits per heavy atom. The summed E-state index contributed by atoms with van der Waals surface area (Å²) < 4.78 is 11.6. The van der Waals surface area contributed by atoms with Crippen molar-refractivity contribution in [2.45, 2.75) is 38.6 Å². The second kappa shape index (κ2) is 8.54. The van der Waals surface area contributed by atoms with Crippen molar-refractivity contribution in [2.75, 3.05) is 13.7 Å². The van der Waals surface area contributed by atoms with Gasteiger partial charge in [-0.2, -0.15) is 0 Å². The van der Waals surface area contributed by atoms with E-state index in [2.05, 4.69) is 23.0 Å². The monoisotopic (exact) mass is 429 g/mol. The number of nitrogens with one attached hydrogen (secondary N) is 1. The summed E-state index contributed by atoms with van der Waals surface area (Å²) in [5.41, 5.74) is 3.79. The smallest absolute Gasteiger partial charge is 0.270 e. The lowest BCUT2D eigenvalue weighted by Crippen LogP contribution is -2.38. The molecule has 0 saturated carbocycles. The maximum absolute atomic E-state index is 13.5. The molecule has 5 rings (SSSR count). The van der Waals surface area contributed by atoms with Gasteiger partial charge in [-0.25, -0.2) is 4.98 Å². The number of ether oxygens (including phenoxy) is 1. The molecule has 1 saturated heterocycles. The Bertz CT molecular complexity index is 1260. The largest absolute Gasteiger partial charge is 0.496 e. The SMILES string of the molecule is COc1ccccc1Cc1cnc(C2CCCCN2C(=O)c2cc3c(C)cccc3[nH]2)o1. The number of carbonyl (C=O) groups is 1. The second-order valence-corrected chi connectivity index (χ2v) is 8.38. The summed E-state index contributed by atoms with van der Waals surface area (Å²) in [6, 6.07) is 15.8. The first-order valence-corrected chi connectivity index (χ1v) is 11.1. The summed E-state index contributed by atoms with van der Waals surface area (Å²) in [6.07, 6.45) is 5.24. The average molecular weight is 430 g/mol. The number of amides is 1. The van der Waals surface area contributed by atoms with Crippen LogP contribution in [0.15, 0.2) is 59.1 Å². The van der Waals surface area contributed by atoms with Crippen LogP contribution in [0.1, 0.15) is 58.6 Å². The van der Waals surface area contributed by atoms with E-state index in [-0.39, 0.29) is 11.9 Å². The zero-order valence-corrected chi connectivity index (χ0v) is 18.4. The Balaban J connectivity index is 1.40. The molecule has 1 N–H and O–H groups in total. The topological polar surface area (TPSA) is 71.4 Å². The van der Waals surface area contributed by atoms with Crippen molar-refractivity contribution in [3.8, 4) is 5.75 Å². The maximum atomic E-state index is 13.5. The molecule has 6 nitrogen and oxygen atoms in total. The number of likely N-dealkylation sites (tertiary alicyclic amines) is 1. The molecule has 32 heavy (non-hydrogen) atoms. The van der Waals surface area contributed by atoms with Gasteiger partial charge in [-0.15, -0.1) is 0 Å². The van der Waals surface area contributed by atoms with E-state index in [0.29, 0.717) is 24.6 Å². The minimum Gasteiger partial charge on any atom is -0.496 e. The Hall–Kier alpha value is -3.54. The van der Waals surface area contributed by atoms with Crippen LogP contribution in [-0.4, -0.2) is 34.4 Å². The van der Waals surface area contributed by atoms with Crippen LogP contribution < -0.4 is 4.74 Å². The molecule has 1 aliphatic heterocycles. The van der Waals surface area contributed by atoms with Crippen LogP contribution in [0, 0.1) is 6.92 Å². The molecular formula is C26H27N3O3. The molecule has 6 heteroatoms. The highest BCUT2D eigenvalue weighted by molar-refractivity contribution is 5.99. The highest BCUT2D eigenvalue weighted by atomic mass is 16.5. The summed E-state index contributed by atoms with van der Waals surface area (Å²) in [4.78, 5) is 23.2. The normalized spacial score (nSPS) is 16.4. The van der Waals surface area contributed by atoms with Crippen LogP contribution in [0.2, 0.25) is 0 Å².